The van der Waals surface area contributed by atoms with Crippen LogP contribution in [0.25, 0.3) is 11.0 Å². The molecule has 0 radical (unpaired) electrons. The highest BCUT2D eigenvalue weighted by Crippen LogP contribution is 2.36. The molecule has 2 nitrogen and oxygen atoms in total. The Kier molecular flexibility index (Phi) is 2.42. The summed E-state index contributed by atoms with van der Waals surface area (Å²) in [6.07, 6.45) is 0. The first-order valence-corrected chi connectivity index (χ1v) is 5.14. The van der Waals surface area contributed by atoms with Gasteiger partial charge in [0.1, 0.15) is 7.85 Å². The molecule has 1 heterocycles. The monoisotopic (exact) mass is 246 g/mol. The molecule has 0 fully saturated rings. The Morgan fingerprint density at radius 2 is 2.00 bits per heavy atom. The lowest BCUT2D eigenvalue weighted by molar-refractivity contribution is 1.05. The molecule has 2 aromatic rings. The first kappa shape index (κ1) is 10.2. The standard InChI is InChI=1S/C8H6BCl3N2/c9-4-1-2-5-6(3-4)14-7(13-5)8(10,11)12/h1-3H,9H2,(H,13,14). The van der Waals surface area contributed by atoms with Crippen LogP contribution in [0.5, 0.6) is 0 Å². The van der Waals surface area contributed by atoms with Crippen LogP contribution < -0.4 is 5.46 Å². The summed E-state index contributed by atoms with van der Waals surface area (Å²) in [5.41, 5.74) is 2.82. The number of alkyl halides is 3. The maximum Gasteiger partial charge on any atom is 0.248 e. The molecule has 1 aromatic carbocycles. The summed E-state index contributed by atoms with van der Waals surface area (Å²) in [4.78, 5) is 7.14. The van der Waals surface area contributed by atoms with Crippen molar-refractivity contribution in [2.75, 3.05) is 0 Å². The summed E-state index contributed by atoms with van der Waals surface area (Å²) in [6.45, 7) is 0. The van der Waals surface area contributed by atoms with Gasteiger partial charge in [-0.1, -0.05) is 46.3 Å². The second kappa shape index (κ2) is 3.33. The van der Waals surface area contributed by atoms with Gasteiger partial charge in [0.2, 0.25) is 3.79 Å². The number of fused-ring (bicyclic) bond motifs is 1. The second-order valence-electron chi connectivity index (χ2n) is 3.10. The summed E-state index contributed by atoms with van der Waals surface area (Å²) in [7, 11) is 2.00. The van der Waals surface area contributed by atoms with Crippen LogP contribution in [0.1, 0.15) is 5.82 Å². The number of nitrogens with one attached hydrogen (secondary N) is 1. The van der Waals surface area contributed by atoms with Gasteiger partial charge in [-0.05, 0) is 12.1 Å². The van der Waals surface area contributed by atoms with Crippen molar-refractivity contribution >= 4 is 59.1 Å². The highest BCUT2D eigenvalue weighted by atomic mass is 35.6. The van der Waals surface area contributed by atoms with Gasteiger partial charge in [-0.25, -0.2) is 4.98 Å². The molecule has 72 valence electrons. The first-order valence-electron chi connectivity index (χ1n) is 4.00. The number of rotatable bonds is 0. The summed E-state index contributed by atoms with van der Waals surface area (Å²) in [6, 6.07) is 5.81. The molecule has 0 spiro atoms. The third kappa shape index (κ3) is 1.85. The minimum Gasteiger partial charge on any atom is -0.338 e. The maximum absolute atomic E-state index is 5.71. The van der Waals surface area contributed by atoms with Crippen molar-refractivity contribution in [1.82, 2.24) is 9.97 Å². The molecule has 0 saturated carbocycles. The van der Waals surface area contributed by atoms with Gasteiger partial charge >= 0.3 is 0 Å². The van der Waals surface area contributed by atoms with Crippen molar-refractivity contribution in [3.8, 4) is 0 Å². The molecular weight excluding hydrogens is 241 g/mol. The predicted octanol–water partition coefficient (Wildman–Crippen LogP) is 1.65. The van der Waals surface area contributed by atoms with Gasteiger partial charge < -0.3 is 4.98 Å². The number of imidazole rings is 1. The summed E-state index contributed by atoms with van der Waals surface area (Å²) in [5.74, 6) is 0.350. The van der Waals surface area contributed by atoms with Crippen LogP contribution in [0.4, 0.5) is 0 Å². The van der Waals surface area contributed by atoms with E-state index < -0.39 is 3.79 Å². The smallest absolute Gasteiger partial charge is 0.248 e. The third-order valence-electron chi connectivity index (χ3n) is 1.91. The SMILES string of the molecule is Bc1ccc2nc(C(Cl)(Cl)Cl)[nH]c2c1. The average Bonchev–Trinajstić information content (AvgIpc) is 2.45. The molecule has 1 aromatic heterocycles. The fraction of sp³-hybridized carbons (Fsp3) is 0.125. The lowest BCUT2D eigenvalue weighted by atomic mass is 9.96. The number of nitrogens with zero attached hydrogens (tertiary/aromatic N) is 1. The van der Waals surface area contributed by atoms with E-state index >= 15 is 0 Å². The van der Waals surface area contributed by atoms with E-state index in [0.717, 1.165) is 16.5 Å². The van der Waals surface area contributed by atoms with Crippen LogP contribution >= 0.6 is 34.8 Å². The Morgan fingerprint density at radius 3 is 2.64 bits per heavy atom. The van der Waals surface area contributed by atoms with Crippen molar-refractivity contribution in [2.45, 2.75) is 3.79 Å². The molecule has 2 rings (SSSR count). The fourth-order valence-electron chi connectivity index (χ4n) is 1.26. The fourth-order valence-corrected chi connectivity index (χ4v) is 1.53. The van der Waals surface area contributed by atoms with Crippen LogP contribution in [0.15, 0.2) is 18.2 Å². The minimum absolute atomic E-state index is 0.350. The zero-order chi connectivity index (χ0) is 10.3. The van der Waals surface area contributed by atoms with Gasteiger partial charge in [-0.3, -0.25) is 0 Å². The molecule has 6 heteroatoms. The van der Waals surface area contributed by atoms with Crippen molar-refractivity contribution < 1.29 is 0 Å². The van der Waals surface area contributed by atoms with E-state index in [1.807, 2.05) is 26.0 Å². The Balaban J connectivity index is 2.63. The van der Waals surface area contributed by atoms with Gasteiger partial charge in [0.25, 0.3) is 0 Å². The molecule has 0 atom stereocenters. The second-order valence-corrected chi connectivity index (χ2v) is 5.39. The number of H-pyrrole nitrogens is 1. The molecule has 0 amide bonds. The zero-order valence-corrected chi connectivity index (χ0v) is 9.58. The number of aromatic amines is 1. The zero-order valence-electron chi connectivity index (χ0n) is 7.31. The van der Waals surface area contributed by atoms with E-state index in [4.69, 9.17) is 34.8 Å². The van der Waals surface area contributed by atoms with E-state index in [1.54, 1.807) is 0 Å². The number of benzene rings is 1. The van der Waals surface area contributed by atoms with E-state index in [-0.39, 0.29) is 0 Å². The lowest BCUT2D eigenvalue weighted by Crippen LogP contribution is -2.02. The molecule has 0 saturated heterocycles. The lowest BCUT2D eigenvalue weighted by Gasteiger charge is -2.04. The van der Waals surface area contributed by atoms with E-state index in [1.165, 1.54) is 0 Å². The number of halogens is 3. The van der Waals surface area contributed by atoms with Gasteiger partial charge in [-0.2, -0.15) is 0 Å². The average molecular weight is 247 g/mol. The van der Waals surface area contributed by atoms with Crippen LogP contribution in [0, 0.1) is 0 Å². The Hall–Kier alpha value is -0.375. The molecule has 0 aliphatic rings. The quantitative estimate of drug-likeness (QED) is 0.556. The van der Waals surface area contributed by atoms with Crippen molar-refractivity contribution in [1.29, 1.82) is 0 Å². The van der Waals surface area contributed by atoms with Crippen molar-refractivity contribution in [3.05, 3.63) is 24.0 Å². The number of hydrogen-bond donors (Lipinski definition) is 1. The molecule has 0 bridgehead atoms. The highest BCUT2D eigenvalue weighted by molar-refractivity contribution is 6.66. The van der Waals surface area contributed by atoms with Crippen LogP contribution in [-0.2, 0) is 3.79 Å². The van der Waals surface area contributed by atoms with E-state index in [9.17, 15) is 0 Å². The maximum atomic E-state index is 5.71. The molecule has 14 heavy (non-hydrogen) atoms. The van der Waals surface area contributed by atoms with Gasteiger partial charge in [-0.15, -0.1) is 0 Å². The predicted molar refractivity (Wildman–Crippen MR) is 63.5 cm³/mol. The van der Waals surface area contributed by atoms with Gasteiger partial charge in [0.15, 0.2) is 5.82 Å². The normalized spacial score (nSPS) is 12.2. The Morgan fingerprint density at radius 1 is 1.29 bits per heavy atom. The number of hydrogen-bond acceptors (Lipinski definition) is 1. The van der Waals surface area contributed by atoms with Crippen molar-refractivity contribution in [2.24, 2.45) is 0 Å². The van der Waals surface area contributed by atoms with Gasteiger partial charge in [0, 0.05) is 0 Å². The largest absolute Gasteiger partial charge is 0.338 e. The molecule has 0 aliphatic heterocycles. The van der Waals surface area contributed by atoms with Crippen LogP contribution in [0.2, 0.25) is 0 Å². The highest BCUT2D eigenvalue weighted by Gasteiger charge is 2.26. The van der Waals surface area contributed by atoms with Gasteiger partial charge in [0.05, 0.1) is 11.0 Å². The summed E-state index contributed by atoms with van der Waals surface area (Å²) in [5, 5.41) is 0. The topological polar surface area (TPSA) is 28.7 Å². The summed E-state index contributed by atoms with van der Waals surface area (Å²) < 4.78 is -1.49. The van der Waals surface area contributed by atoms with E-state index in [2.05, 4.69) is 9.97 Å². The molecule has 0 unspecified atom stereocenters. The summed E-state index contributed by atoms with van der Waals surface area (Å²) >= 11 is 17.1. The Labute approximate surface area is 97.0 Å². The van der Waals surface area contributed by atoms with Crippen LogP contribution in [0.3, 0.4) is 0 Å². The van der Waals surface area contributed by atoms with Crippen LogP contribution in [-0.4, -0.2) is 17.8 Å². The minimum atomic E-state index is -1.49. The van der Waals surface area contributed by atoms with E-state index in [0.29, 0.717) is 5.82 Å². The number of aromatic nitrogens is 2. The molecule has 1 N–H and O–H groups in total. The Bertz CT molecular complexity index is 475. The molecular formula is C8H6BCl3N2. The first-order chi connectivity index (χ1) is 6.47. The molecule has 0 aliphatic carbocycles. The van der Waals surface area contributed by atoms with Crippen molar-refractivity contribution in [3.63, 3.8) is 0 Å². The third-order valence-corrected chi connectivity index (χ3v) is 2.44.